The Bertz CT molecular complexity index is 824. The molecule has 21 heavy (non-hydrogen) atoms. The average molecular weight is 302 g/mol. The Morgan fingerprint density at radius 1 is 1.38 bits per heavy atom. The molecule has 6 nitrogen and oxygen atoms in total. The van der Waals surface area contributed by atoms with Crippen molar-refractivity contribution in [3.8, 4) is 17.4 Å². The van der Waals surface area contributed by atoms with E-state index in [2.05, 4.69) is 4.98 Å². The number of benzene rings is 1. The van der Waals surface area contributed by atoms with Crippen molar-refractivity contribution < 1.29 is 19.0 Å². The summed E-state index contributed by atoms with van der Waals surface area (Å²) < 4.78 is 18.0. The lowest BCUT2D eigenvalue weighted by Gasteiger charge is -2.05. The third kappa shape index (κ3) is 2.02. The number of nitrogens with zero attached hydrogens (tertiary/aromatic N) is 2. The lowest BCUT2D eigenvalue weighted by atomic mass is 10.2. The summed E-state index contributed by atoms with van der Waals surface area (Å²) in [7, 11) is 0. The maximum Gasteiger partial charge on any atom is 0.244 e. The topological polar surface area (TPSA) is 62.1 Å². The molecule has 106 valence electrons. The molecular formula is C14H10N2O4S. The van der Waals surface area contributed by atoms with Crippen LogP contribution in [-0.4, -0.2) is 22.5 Å². The number of thiazole rings is 1. The van der Waals surface area contributed by atoms with E-state index in [9.17, 15) is 4.79 Å². The Hall–Kier alpha value is -2.54. The highest BCUT2D eigenvalue weighted by atomic mass is 32.1. The predicted octanol–water partition coefficient (Wildman–Crippen LogP) is 2.52. The van der Waals surface area contributed by atoms with Gasteiger partial charge in [0.2, 0.25) is 12.7 Å². The zero-order valence-electron chi connectivity index (χ0n) is 10.8. The molecule has 3 aromatic rings. The van der Waals surface area contributed by atoms with Crippen LogP contribution in [0.1, 0.15) is 16.1 Å². The SMILES string of the molecule is O=Cc1c(OCc2ccc3c(c2)OCO3)nc2sccn12. The van der Waals surface area contributed by atoms with Gasteiger partial charge in [0.25, 0.3) is 0 Å². The highest BCUT2D eigenvalue weighted by Crippen LogP contribution is 2.33. The van der Waals surface area contributed by atoms with Crippen LogP contribution in [0.15, 0.2) is 29.8 Å². The summed E-state index contributed by atoms with van der Waals surface area (Å²) in [5.74, 6) is 1.78. The van der Waals surface area contributed by atoms with E-state index in [4.69, 9.17) is 14.2 Å². The number of carbonyl (C=O) groups excluding carboxylic acids is 1. The molecule has 7 heteroatoms. The zero-order chi connectivity index (χ0) is 14.2. The first kappa shape index (κ1) is 12.2. The number of aromatic nitrogens is 2. The fraction of sp³-hybridized carbons (Fsp3) is 0.143. The molecule has 4 rings (SSSR count). The van der Waals surface area contributed by atoms with E-state index in [0.29, 0.717) is 23.9 Å². The van der Waals surface area contributed by atoms with Crippen molar-refractivity contribution in [3.63, 3.8) is 0 Å². The summed E-state index contributed by atoms with van der Waals surface area (Å²) in [6, 6.07) is 5.60. The standard InChI is InChI=1S/C14H10N2O4S/c17-6-10-13(15-14-16(10)3-4-21-14)18-7-9-1-2-11-12(5-9)20-8-19-11/h1-6H,7-8H2. The Labute approximate surface area is 123 Å². The second kappa shape index (κ2) is 4.78. The van der Waals surface area contributed by atoms with Gasteiger partial charge in [0, 0.05) is 11.6 Å². The quantitative estimate of drug-likeness (QED) is 0.693. The first-order valence-electron chi connectivity index (χ1n) is 6.27. The lowest BCUT2D eigenvalue weighted by molar-refractivity contribution is 0.111. The van der Waals surface area contributed by atoms with Gasteiger partial charge >= 0.3 is 0 Å². The molecule has 0 saturated carbocycles. The summed E-state index contributed by atoms with van der Waals surface area (Å²) in [6.45, 7) is 0.550. The molecule has 0 saturated heterocycles. The molecule has 0 spiro atoms. The number of carbonyl (C=O) groups is 1. The third-order valence-electron chi connectivity index (χ3n) is 3.19. The van der Waals surface area contributed by atoms with E-state index in [-0.39, 0.29) is 6.79 Å². The van der Waals surface area contributed by atoms with Gasteiger partial charge in [-0.15, -0.1) is 11.3 Å². The average Bonchev–Trinajstić information content (AvgIpc) is 3.19. The predicted molar refractivity (Wildman–Crippen MR) is 75.4 cm³/mol. The van der Waals surface area contributed by atoms with Crippen LogP contribution in [0.2, 0.25) is 0 Å². The van der Waals surface area contributed by atoms with Crippen molar-refractivity contribution in [2.75, 3.05) is 6.79 Å². The smallest absolute Gasteiger partial charge is 0.244 e. The highest BCUT2D eigenvalue weighted by molar-refractivity contribution is 7.15. The molecule has 0 bridgehead atoms. The molecule has 0 fully saturated rings. The van der Waals surface area contributed by atoms with Crippen LogP contribution >= 0.6 is 11.3 Å². The van der Waals surface area contributed by atoms with E-state index >= 15 is 0 Å². The van der Waals surface area contributed by atoms with Gasteiger partial charge < -0.3 is 14.2 Å². The highest BCUT2D eigenvalue weighted by Gasteiger charge is 2.16. The molecule has 0 amide bonds. The van der Waals surface area contributed by atoms with E-state index in [1.54, 1.807) is 10.6 Å². The molecule has 0 aliphatic carbocycles. The monoisotopic (exact) mass is 302 g/mol. The van der Waals surface area contributed by atoms with Crippen molar-refractivity contribution in [1.82, 2.24) is 9.38 Å². The van der Waals surface area contributed by atoms with Gasteiger partial charge in [-0.1, -0.05) is 6.07 Å². The van der Waals surface area contributed by atoms with Crippen LogP contribution in [0, 0.1) is 0 Å². The van der Waals surface area contributed by atoms with Crippen LogP contribution in [0.5, 0.6) is 17.4 Å². The minimum absolute atomic E-state index is 0.242. The van der Waals surface area contributed by atoms with Gasteiger partial charge in [-0.2, -0.15) is 4.98 Å². The second-order valence-electron chi connectivity index (χ2n) is 4.45. The van der Waals surface area contributed by atoms with Crippen LogP contribution in [-0.2, 0) is 6.61 Å². The third-order valence-corrected chi connectivity index (χ3v) is 3.95. The first-order valence-corrected chi connectivity index (χ1v) is 7.15. The number of imidazole rings is 1. The Kier molecular flexibility index (Phi) is 2.78. The summed E-state index contributed by atoms with van der Waals surface area (Å²) in [6.07, 6.45) is 2.55. The van der Waals surface area contributed by atoms with Gasteiger partial charge in [-0.05, 0) is 17.7 Å². The minimum atomic E-state index is 0.242. The molecule has 2 aromatic heterocycles. The molecule has 0 N–H and O–H groups in total. The van der Waals surface area contributed by atoms with Gasteiger partial charge in [-0.3, -0.25) is 9.20 Å². The Balaban J connectivity index is 1.58. The van der Waals surface area contributed by atoms with Crippen molar-refractivity contribution in [2.24, 2.45) is 0 Å². The van der Waals surface area contributed by atoms with Gasteiger partial charge in [0.05, 0.1) is 0 Å². The minimum Gasteiger partial charge on any atom is -0.471 e. The van der Waals surface area contributed by atoms with Crippen LogP contribution < -0.4 is 14.2 Å². The fourth-order valence-electron chi connectivity index (χ4n) is 2.18. The van der Waals surface area contributed by atoms with Crippen molar-refractivity contribution in [2.45, 2.75) is 6.61 Å². The molecule has 1 aromatic carbocycles. The first-order chi connectivity index (χ1) is 10.3. The molecule has 0 radical (unpaired) electrons. The zero-order valence-corrected chi connectivity index (χ0v) is 11.6. The fourth-order valence-corrected chi connectivity index (χ4v) is 2.89. The van der Waals surface area contributed by atoms with E-state index in [1.807, 2.05) is 23.6 Å². The summed E-state index contributed by atoms with van der Waals surface area (Å²) >= 11 is 1.45. The largest absolute Gasteiger partial charge is 0.471 e. The van der Waals surface area contributed by atoms with E-state index < -0.39 is 0 Å². The number of hydrogen-bond donors (Lipinski definition) is 0. The summed E-state index contributed by atoms with van der Waals surface area (Å²) in [5.41, 5.74) is 1.35. The number of ether oxygens (including phenoxy) is 3. The van der Waals surface area contributed by atoms with Crippen LogP contribution in [0.25, 0.3) is 4.96 Å². The molecule has 1 aliphatic rings. The lowest BCUT2D eigenvalue weighted by Crippen LogP contribution is -1.99. The summed E-state index contributed by atoms with van der Waals surface area (Å²) in [5, 5.41) is 1.87. The maximum absolute atomic E-state index is 11.2. The Morgan fingerprint density at radius 2 is 2.29 bits per heavy atom. The van der Waals surface area contributed by atoms with Crippen LogP contribution in [0.3, 0.4) is 0 Å². The van der Waals surface area contributed by atoms with Gasteiger partial charge in [0.1, 0.15) is 6.61 Å². The van der Waals surface area contributed by atoms with Crippen LogP contribution in [0.4, 0.5) is 0 Å². The van der Waals surface area contributed by atoms with Gasteiger partial charge in [0.15, 0.2) is 28.4 Å². The molecule has 0 atom stereocenters. The maximum atomic E-state index is 11.2. The molecule has 1 aliphatic heterocycles. The van der Waals surface area contributed by atoms with Crippen molar-refractivity contribution in [3.05, 3.63) is 41.0 Å². The van der Waals surface area contributed by atoms with E-state index in [0.717, 1.165) is 22.6 Å². The second-order valence-corrected chi connectivity index (χ2v) is 5.32. The summed E-state index contributed by atoms with van der Waals surface area (Å²) in [4.78, 5) is 16.2. The number of aldehydes is 1. The number of hydrogen-bond acceptors (Lipinski definition) is 6. The molecule has 0 unspecified atom stereocenters. The van der Waals surface area contributed by atoms with E-state index in [1.165, 1.54) is 11.3 Å². The number of rotatable bonds is 4. The van der Waals surface area contributed by atoms with Crippen molar-refractivity contribution >= 4 is 22.6 Å². The normalized spacial score (nSPS) is 12.8. The molecule has 3 heterocycles. The Morgan fingerprint density at radius 3 is 3.19 bits per heavy atom. The van der Waals surface area contributed by atoms with Gasteiger partial charge in [-0.25, -0.2) is 0 Å². The van der Waals surface area contributed by atoms with Crippen molar-refractivity contribution in [1.29, 1.82) is 0 Å². The molecular weight excluding hydrogens is 292 g/mol. The number of fused-ring (bicyclic) bond motifs is 2.